The number of hydrogen-bond donors (Lipinski definition) is 2. The third kappa shape index (κ3) is 4.65. The van der Waals surface area contributed by atoms with E-state index >= 15 is 0 Å². The molecule has 2 N–H and O–H groups in total. The molecule has 5 nitrogen and oxygen atoms in total. The minimum Gasteiger partial charge on any atom is -0.352 e. The molecule has 0 spiro atoms. The van der Waals surface area contributed by atoms with E-state index in [2.05, 4.69) is 15.6 Å². The molecule has 126 valence electrons. The van der Waals surface area contributed by atoms with Gasteiger partial charge in [-0.1, -0.05) is 19.9 Å². The molecule has 0 unspecified atom stereocenters. The number of amides is 2. The van der Waals surface area contributed by atoms with E-state index in [1.165, 1.54) is 12.3 Å². The second-order valence-electron chi connectivity index (χ2n) is 6.29. The number of aromatic nitrogens is 1. The summed E-state index contributed by atoms with van der Waals surface area (Å²) in [5.74, 6) is -0.175. The van der Waals surface area contributed by atoms with Gasteiger partial charge in [0.1, 0.15) is 5.69 Å². The first kappa shape index (κ1) is 17.7. The van der Waals surface area contributed by atoms with E-state index in [1.807, 2.05) is 45.9 Å². The first-order valence-corrected chi connectivity index (χ1v) is 7.99. The maximum absolute atomic E-state index is 12.3. The molecule has 0 aliphatic heterocycles. The summed E-state index contributed by atoms with van der Waals surface area (Å²) in [6.07, 6.45) is 1.47. The van der Waals surface area contributed by atoms with E-state index in [9.17, 15) is 9.59 Å². The molecule has 24 heavy (non-hydrogen) atoms. The molecule has 0 radical (unpaired) electrons. The number of carbonyl (C=O) groups is 2. The molecule has 2 amide bonds. The summed E-state index contributed by atoms with van der Waals surface area (Å²) in [7, 11) is 0. The molecule has 0 bridgehead atoms. The quantitative estimate of drug-likeness (QED) is 0.885. The highest BCUT2D eigenvalue weighted by atomic mass is 16.2. The van der Waals surface area contributed by atoms with Gasteiger partial charge in [0.15, 0.2) is 0 Å². The fourth-order valence-electron chi connectivity index (χ4n) is 2.11. The van der Waals surface area contributed by atoms with Gasteiger partial charge < -0.3 is 10.6 Å². The number of benzene rings is 1. The predicted octanol–water partition coefficient (Wildman–Crippen LogP) is 3.34. The zero-order valence-electron chi connectivity index (χ0n) is 14.5. The SMILES string of the molecule is Cc1ccc(NC(=O)c2cc(C(=O)NCC(C)C)ccn2)cc1C. The van der Waals surface area contributed by atoms with Gasteiger partial charge in [-0.05, 0) is 55.2 Å². The maximum Gasteiger partial charge on any atom is 0.274 e. The molecule has 1 heterocycles. The minimum atomic E-state index is -0.336. The predicted molar refractivity (Wildman–Crippen MR) is 95.3 cm³/mol. The van der Waals surface area contributed by atoms with Crippen molar-refractivity contribution < 1.29 is 9.59 Å². The number of pyridine rings is 1. The van der Waals surface area contributed by atoms with Gasteiger partial charge in [-0.25, -0.2) is 0 Å². The van der Waals surface area contributed by atoms with Crippen molar-refractivity contribution in [2.45, 2.75) is 27.7 Å². The number of aryl methyl sites for hydroxylation is 2. The van der Waals surface area contributed by atoms with Crippen molar-refractivity contribution in [2.24, 2.45) is 5.92 Å². The lowest BCUT2D eigenvalue weighted by atomic mass is 10.1. The van der Waals surface area contributed by atoms with Crippen LogP contribution in [0.3, 0.4) is 0 Å². The molecule has 2 aromatic rings. The smallest absolute Gasteiger partial charge is 0.274 e. The normalized spacial score (nSPS) is 10.5. The molecule has 1 aromatic heterocycles. The summed E-state index contributed by atoms with van der Waals surface area (Å²) in [6.45, 7) is 8.64. The zero-order chi connectivity index (χ0) is 17.7. The van der Waals surface area contributed by atoms with Crippen LogP contribution in [0.1, 0.15) is 45.8 Å². The first-order chi connectivity index (χ1) is 11.4. The third-order valence-corrected chi connectivity index (χ3v) is 3.69. The van der Waals surface area contributed by atoms with Gasteiger partial charge in [0.2, 0.25) is 0 Å². The van der Waals surface area contributed by atoms with Crippen LogP contribution in [0.15, 0.2) is 36.5 Å². The van der Waals surface area contributed by atoms with E-state index < -0.39 is 0 Å². The van der Waals surface area contributed by atoms with Crippen LogP contribution in [-0.4, -0.2) is 23.3 Å². The highest BCUT2D eigenvalue weighted by Crippen LogP contribution is 2.15. The summed E-state index contributed by atoms with van der Waals surface area (Å²) in [4.78, 5) is 28.5. The molecular weight excluding hydrogens is 302 g/mol. The number of nitrogens with one attached hydrogen (secondary N) is 2. The van der Waals surface area contributed by atoms with Crippen molar-refractivity contribution in [2.75, 3.05) is 11.9 Å². The number of hydrogen-bond acceptors (Lipinski definition) is 3. The van der Waals surface area contributed by atoms with Crippen LogP contribution in [0.5, 0.6) is 0 Å². The van der Waals surface area contributed by atoms with Gasteiger partial charge in [-0.15, -0.1) is 0 Å². The molecule has 0 saturated carbocycles. The highest BCUT2D eigenvalue weighted by molar-refractivity contribution is 6.04. The van der Waals surface area contributed by atoms with E-state index in [0.29, 0.717) is 23.7 Å². The molecule has 0 fully saturated rings. The maximum atomic E-state index is 12.3. The Labute approximate surface area is 142 Å². The molecular formula is C19H23N3O2. The van der Waals surface area contributed by atoms with Crippen LogP contribution in [0, 0.1) is 19.8 Å². The van der Waals surface area contributed by atoms with Crippen molar-refractivity contribution in [3.63, 3.8) is 0 Å². The van der Waals surface area contributed by atoms with Gasteiger partial charge in [0.25, 0.3) is 11.8 Å². The average Bonchev–Trinajstić information content (AvgIpc) is 2.56. The molecule has 5 heteroatoms. The molecule has 0 atom stereocenters. The van der Waals surface area contributed by atoms with Crippen LogP contribution < -0.4 is 10.6 Å². The summed E-state index contributed by atoms with van der Waals surface area (Å²) in [6, 6.07) is 8.81. The molecule has 0 aliphatic rings. The molecule has 2 rings (SSSR count). The average molecular weight is 325 g/mol. The fraction of sp³-hybridized carbons (Fsp3) is 0.316. The highest BCUT2D eigenvalue weighted by Gasteiger charge is 2.12. The van der Waals surface area contributed by atoms with E-state index in [4.69, 9.17) is 0 Å². The third-order valence-electron chi connectivity index (χ3n) is 3.69. The number of nitrogens with zero attached hydrogens (tertiary/aromatic N) is 1. The Morgan fingerprint density at radius 2 is 1.79 bits per heavy atom. The Kier molecular flexibility index (Phi) is 5.68. The Morgan fingerprint density at radius 3 is 2.46 bits per heavy atom. The van der Waals surface area contributed by atoms with Crippen molar-refractivity contribution in [1.82, 2.24) is 10.3 Å². The molecule has 1 aromatic carbocycles. The van der Waals surface area contributed by atoms with E-state index in [1.54, 1.807) is 6.07 Å². The minimum absolute atomic E-state index is 0.202. The molecule has 0 aliphatic carbocycles. The van der Waals surface area contributed by atoms with Gasteiger partial charge in [-0.3, -0.25) is 14.6 Å². The van der Waals surface area contributed by atoms with Gasteiger partial charge >= 0.3 is 0 Å². The lowest BCUT2D eigenvalue weighted by Crippen LogP contribution is -2.27. The van der Waals surface area contributed by atoms with Crippen molar-refractivity contribution in [3.05, 3.63) is 58.9 Å². The summed E-state index contributed by atoms with van der Waals surface area (Å²) >= 11 is 0. The van der Waals surface area contributed by atoms with Gasteiger partial charge in [0.05, 0.1) is 0 Å². The van der Waals surface area contributed by atoms with Crippen molar-refractivity contribution >= 4 is 17.5 Å². The van der Waals surface area contributed by atoms with E-state index in [0.717, 1.165) is 11.1 Å². The monoisotopic (exact) mass is 325 g/mol. The van der Waals surface area contributed by atoms with Crippen molar-refractivity contribution in [3.8, 4) is 0 Å². The van der Waals surface area contributed by atoms with Crippen LogP contribution in [0.4, 0.5) is 5.69 Å². The summed E-state index contributed by atoms with van der Waals surface area (Å²) in [5, 5.41) is 5.64. The lowest BCUT2D eigenvalue weighted by molar-refractivity contribution is 0.0949. The largest absolute Gasteiger partial charge is 0.352 e. The second-order valence-corrected chi connectivity index (χ2v) is 6.29. The van der Waals surface area contributed by atoms with Crippen LogP contribution >= 0.6 is 0 Å². The van der Waals surface area contributed by atoms with Crippen LogP contribution in [0.25, 0.3) is 0 Å². The van der Waals surface area contributed by atoms with Crippen LogP contribution in [-0.2, 0) is 0 Å². The Balaban J connectivity index is 2.11. The number of carbonyl (C=O) groups excluding carboxylic acids is 2. The standard InChI is InChI=1S/C19H23N3O2/c1-12(2)11-21-18(23)15-7-8-20-17(10-15)19(24)22-16-6-5-13(3)14(4)9-16/h5-10,12H,11H2,1-4H3,(H,21,23)(H,22,24). The Bertz CT molecular complexity index is 754. The fourth-order valence-corrected chi connectivity index (χ4v) is 2.11. The molecule has 0 saturated heterocycles. The topological polar surface area (TPSA) is 71.1 Å². The summed E-state index contributed by atoms with van der Waals surface area (Å²) < 4.78 is 0. The second kappa shape index (κ2) is 7.73. The number of anilines is 1. The first-order valence-electron chi connectivity index (χ1n) is 7.99. The van der Waals surface area contributed by atoms with Crippen LogP contribution in [0.2, 0.25) is 0 Å². The Morgan fingerprint density at radius 1 is 1.04 bits per heavy atom. The van der Waals surface area contributed by atoms with Crippen molar-refractivity contribution in [1.29, 1.82) is 0 Å². The summed E-state index contributed by atoms with van der Waals surface area (Å²) in [5.41, 5.74) is 3.61. The lowest BCUT2D eigenvalue weighted by Gasteiger charge is -2.09. The van der Waals surface area contributed by atoms with Gasteiger partial charge in [-0.2, -0.15) is 0 Å². The zero-order valence-corrected chi connectivity index (χ0v) is 14.5. The van der Waals surface area contributed by atoms with Gasteiger partial charge in [0, 0.05) is 24.0 Å². The number of rotatable bonds is 5. The Hall–Kier alpha value is -2.69. The van der Waals surface area contributed by atoms with E-state index in [-0.39, 0.29) is 17.5 Å².